The lowest BCUT2D eigenvalue weighted by molar-refractivity contribution is -0.145. The molecule has 0 saturated carbocycles. The number of nitrogens with two attached hydrogens (primary N) is 2. The van der Waals surface area contributed by atoms with Crippen molar-refractivity contribution in [2.24, 2.45) is 16.5 Å². The van der Waals surface area contributed by atoms with Crippen LogP contribution in [-0.4, -0.2) is 112 Å². The van der Waals surface area contributed by atoms with E-state index in [1.54, 1.807) is 18.2 Å². The highest BCUT2D eigenvalue weighted by Crippen LogP contribution is 2.36. The van der Waals surface area contributed by atoms with Gasteiger partial charge in [0, 0.05) is 19.0 Å². The van der Waals surface area contributed by atoms with E-state index in [4.69, 9.17) is 40.6 Å². The van der Waals surface area contributed by atoms with Crippen molar-refractivity contribution >= 4 is 47.4 Å². The predicted octanol–water partition coefficient (Wildman–Crippen LogP) is 1.04. The molecule has 2 aliphatic heterocycles. The van der Waals surface area contributed by atoms with Gasteiger partial charge in [0.2, 0.25) is 0 Å². The van der Waals surface area contributed by atoms with Gasteiger partial charge in [-0.05, 0) is 60.4 Å². The third-order valence-corrected chi connectivity index (χ3v) is 8.09. The maximum atomic E-state index is 14.1. The van der Waals surface area contributed by atoms with Crippen LogP contribution in [0.5, 0.6) is 23.0 Å². The number of rotatable bonds is 13. The minimum Gasteiger partial charge on any atom is -0.492 e. The monoisotopic (exact) mass is 733 g/mol. The molecule has 3 aromatic rings. The molecular formula is C35H35N5O13. The molecule has 0 saturated heterocycles. The second kappa shape index (κ2) is 16.6. The van der Waals surface area contributed by atoms with E-state index >= 15 is 0 Å². The van der Waals surface area contributed by atoms with Crippen molar-refractivity contribution in [1.82, 2.24) is 9.80 Å². The number of guanidine groups is 1. The minimum absolute atomic E-state index is 0.0231. The number of fused-ring (bicyclic) bond motifs is 3. The summed E-state index contributed by atoms with van der Waals surface area (Å²) in [6.45, 7) is -1.93. The Hall–Kier alpha value is -6.69. The molecule has 0 spiro atoms. The fourth-order valence-electron chi connectivity index (χ4n) is 5.82. The van der Waals surface area contributed by atoms with Crippen LogP contribution in [0, 0.1) is 0 Å². The van der Waals surface area contributed by atoms with Crippen molar-refractivity contribution in [3.05, 3.63) is 76.9 Å². The predicted molar refractivity (Wildman–Crippen MR) is 183 cm³/mol. The number of carboxylic acids is 3. The lowest BCUT2D eigenvalue weighted by Crippen LogP contribution is -2.51. The molecule has 18 nitrogen and oxygen atoms in total. The van der Waals surface area contributed by atoms with E-state index in [0.29, 0.717) is 29.7 Å². The van der Waals surface area contributed by atoms with Crippen LogP contribution < -0.4 is 30.4 Å². The standard InChI is InChI=1S/C35H35N5O13/c36-35(37)38-21-7-9-23-19(13-21)3-2-11-51-31-24(4-1-5-26(31)52-33(23)48)32(47)40(18-30(45)46)25-14-20-6-8-22(15-27(20)53-34(25)49)50-12-10-39(16-28(41)42)17-29(43)44/h1,4-9,13,15,25H,2-3,10-12,14,16-18H2,(H,41,42)(H,43,44)(H,45,46)(H4,36,37,38)/t25-/m0/s1. The van der Waals surface area contributed by atoms with Gasteiger partial charge < -0.3 is 50.6 Å². The van der Waals surface area contributed by atoms with Gasteiger partial charge in [-0.15, -0.1) is 0 Å². The second-order valence-electron chi connectivity index (χ2n) is 11.9. The molecule has 5 rings (SSSR count). The SMILES string of the molecule is NC(N)=Nc1ccc2c(c1)CCCOc1c(cccc1C(=O)N(CC(=O)O)[C@H]1Cc3ccc(OCCN(CC(=O)O)CC(=O)O)cc3OC1=O)OC2=O. The number of para-hydroxylation sites is 1. The van der Waals surface area contributed by atoms with Crippen molar-refractivity contribution in [3.8, 4) is 23.0 Å². The molecule has 18 heteroatoms. The van der Waals surface area contributed by atoms with Crippen LogP contribution in [0.4, 0.5) is 5.69 Å². The smallest absolute Gasteiger partial charge is 0.343 e. The molecule has 1 amide bonds. The number of benzene rings is 3. The number of aliphatic imine (C=N–C) groups is 1. The Labute approximate surface area is 301 Å². The summed E-state index contributed by atoms with van der Waals surface area (Å²) in [6.07, 6.45) is 0.636. The van der Waals surface area contributed by atoms with Crippen LogP contribution in [-0.2, 0) is 32.0 Å². The second-order valence-corrected chi connectivity index (χ2v) is 11.9. The Morgan fingerprint density at radius 1 is 0.868 bits per heavy atom. The zero-order valence-electron chi connectivity index (χ0n) is 28.1. The number of carboxylic acid groups (broad SMARTS) is 3. The molecule has 0 radical (unpaired) electrons. The molecule has 53 heavy (non-hydrogen) atoms. The van der Waals surface area contributed by atoms with E-state index < -0.39 is 61.4 Å². The van der Waals surface area contributed by atoms with E-state index in [9.17, 15) is 33.9 Å². The highest BCUT2D eigenvalue weighted by molar-refractivity contribution is 6.02. The van der Waals surface area contributed by atoms with Gasteiger partial charge in [-0.1, -0.05) is 12.1 Å². The fraction of sp³-hybridized carbons (Fsp3) is 0.286. The quantitative estimate of drug-likeness (QED) is 0.0711. The van der Waals surface area contributed by atoms with E-state index in [0.717, 1.165) is 9.80 Å². The molecule has 278 valence electrons. The Balaban J connectivity index is 1.36. The van der Waals surface area contributed by atoms with Crippen LogP contribution in [0.1, 0.15) is 38.3 Å². The first-order chi connectivity index (χ1) is 25.3. The third kappa shape index (κ3) is 9.56. The van der Waals surface area contributed by atoms with E-state index in [2.05, 4.69) is 4.99 Å². The minimum atomic E-state index is -1.41. The highest BCUT2D eigenvalue weighted by atomic mass is 16.6. The summed E-state index contributed by atoms with van der Waals surface area (Å²) in [7, 11) is 0. The number of ether oxygens (including phenoxy) is 4. The van der Waals surface area contributed by atoms with Crippen LogP contribution in [0.15, 0.2) is 59.6 Å². The van der Waals surface area contributed by atoms with Gasteiger partial charge in [-0.25, -0.2) is 14.6 Å². The molecule has 0 unspecified atom stereocenters. The van der Waals surface area contributed by atoms with Gasteiger partial charge in [0.15, 0.2) is 17.5 Å². The van der Waals surface area contributed by atoms with E-state index in [-0.39, 0.29) is 66.3 Å². The molecule has 0 aliphatic carbocycles. The zero-order valence-corrected chi connectivity index (χ0v) is 28.1. The van der Waals surface area contributed by atoms with Crippen LogP contribution in [0.2, 0.25) is 0 Å². The van der Waals surface area contributed by atoms with Crippen molar-refractivity contribution in [2.75, 3.05) is 39.4 Å². The average Bonchev–Trinajstić information content (AvgIpc) is 3.08. The number of nitrogens with zero attached hydrogens (tertiary/aromatic N) is 3. The van der Waals surface area contributed by atoms with Gasteiger partial charge >= 0.3 is 29.8 Å². The number of hydrogen-bond acceptors (Lipinski definition) is 12. The largest absolute Gasteiger partial charge is 0.492 e. The normalized spacial score (nSPS) is 14.9. The van der Waals surface area contributed by atoms with Gasteiger partial charge in [-0.2, -0.15) is 0 Å². The van der Waals surface area contributed by atoms with Gasteiger partial charge in [0.25, 0.3) is 5.91 Å². The molecule has 0 fully saturated rings. The lowest BCUT2D eigenvalue weighted by atomic mass is 9.99. The molecule has 1 atom stereocenters. The first-order valence-corrected chi connectivity index (χ1v) is 16.2. The van der Waals surface area contributed by atoms with E-state index in [1.165, 1.54) is 36.4 Å². The summed E-state index contributed by atoms with van der Waals surface area (Å²) >= 11 is 0. The summed E-state index contributed by atoms with van der Waals surface area (Å²) in [5, 5.41) is 27.8. The van der Waals surface area contributed by atoms with Gasteiger partial charge in [0.1, 0.15) is 30.7 Å². The average molecular weight is 734 g/mol. The van der Waals surface area contributed by atoms with Crippen molar-refractivity contribution in [3.63, 3.8) is 0 Å². The Morgan fingerprint density at radius 3 is 2.30 bits per heavy atom. The lowest BCUT2D eigenvalue weighted by Gasteiger charge is -2.33. The van der Waals surface area contributed by atoms with Crippen molar-refractivity contribution in [1.29, 1.82) is 0 Å². The number of esters is 2. The summed E-state index contributed by atoms with van der Waals surface area (Å²) < 4.78 is 22.8. The highest BCUT2D eigenvalue weighted by Gasteiger charge is 2.39. The fourth-order valence-corrected chi connectivity index (χ4v) is 5.82. The summed E-state index contributed by atoms with van der Waals surface area (Å²) in [5.74, 6) is -6.41. The van der Waals surface area contributed by atoms with Crippen LogP contribution >= 0.6 is 0 Å². The molecular weight excluding hydrogens is 698 g/mol. The summed E-state index contributed by atoms with van der Waals surface area (Å²) in [4.78, 5) is 81.0. The third-order valence-electron chi connectivity index (χ3n) is 8.09. The Morgan fingerprint density at radius 2 is 1.60 bits per heavy atom. The Bertz CT molecular complexity index is 1960. The topological polar surface area (TPSA) is 271 Å². The van der Waals surface area contributed by atoms with Crippen LogP contribution in [0.25, 0.3) is 0 Å². The molecule has 0 bridgehead atoms. The number of carbonyl (C=O) groups excluding carboxylic acids is 3. The number of carbonyl (C=O) groups is 6. The zero-order chi connectivity index (χ0) is 38.2. The summed E-state index contributed by atoms with van der Waals surface area (Å²) in [5.41, 5.74) is 12.6. The number of amides is 1. The Kier molecular flexibility index (Phi) is 11.7. The maximum absolute atomic E-state index is 14.1. The summed E-state index contributed by atoms with van der Waals surface area (Å²) in [6, 6.07) is 12.0. The van der Waals surface area contributed by atoms with Crippen molar-refractivity contribution in [2.45, 2.75) is 25.3 Å². The van der Waals surface area contributed by atoms with Crippen molar-refractivity contribution < 1.29 is 63.0 Å². The maximum Gasteiger partial charge on any atom is 0.343 e. The van der Waals surface area contributed by atoms with E-state index in [1.807, 2.05) is 0 Å². The first kappa shape index (κ1) is 37.6. The molecule has 3 aromatic carbocycles. The first-order valence-electron chi connectivity index (χ1n) is 16.2. The molecule has 0 aromatic heterocycles. The number of hydrogen-bond donors (Lipinski definition) is 5. The molecule has 2 aliphatic rings. The number of aryl methyl sites for hydroxylation is 1. The van der Waals surface area contributed by atoms with Gasteiger partial charge in [-0.3, -0.25) is 24.1 Å². The molecule has 2 heterocycles. The van der Waals surface area contributed by atoms with Crippen LogP contribution in [0.3, 0.4) is 0 Å². The molecule has 7 N–H and O–H groups in total. The number of aliphatic carboxylic acids is 3. The van der Waals surface area contributed by atoms with Gasteiger partial charge in [0.05, 0.1) is 36.5 Å².